The zero-order valence-electron chi connectivity index (χ0n) is 19.7. The van der Waals surface area contributed by atoms with Crippen molar-refractivity contribution in [3.05, 3.63) is 59.7 Å². The SMILES string of the molecule is CN(C)c1ccc(C=NCCCN(CCCN=Cc2ccc(N(C)C)cc2)C(S)S)cc1. The first-order valence-electron chi connectivity index (χ1n) is 11.0. The van der Waals surface area contributed by atoms with Gasteiger partial charge in [0.05, 0.1) is 4.71 Å². The highest BCUT2D eigenvalue weighted by Gasteiger charge is 2.09. The zero-order chi connectivity index (χ0) is 23.3. The number of rotatable bonds is 13. The van der Waals surface area contributed by atoms with Crippen LogP contribution in [-0.4, -0.2) is 76.4 Å². The average molecular weight is 472 g/mol. The number of thiol groups is 2. The minimum absolute atomic E-state index is 0.0693. The summed E-state index contributed by atoms with van der Waals surface area (Å²) in [5.41, 5.74) is 4.64. The molecule has 0 amide bonds. The number of anilines is 2. The maximum absolute atomic E-state index is 4.57. The molecule has 0 spiro atoms. The summed E-state index contributed by atoms with van der Waals surface area (Å²) >= 11 is 9.03. The number of aliphatic imine (C=N–C) groups is 2. The van der Waals surface area contributed by atoms with Crippen LogP contribution in [0.3, 0.4) is 0 Å². The first-order valence-corrected chi connectivity index (χ1v) is 12.0. The van der Waals surface area contributed by atoms with Gasteiger partial charge in [-0.15, -0.1) is 25.3 Å². The van der Waals surface area contributed by atoms with E-state index in [4.69, 9.17) is 0 Å². The lowest BCUT2D eigenvalue weighted by Crippen LogP contribution is -2.30. The van der Waals surface area contributed by atoms with E-state index in [-0.39, 0.29) is 4.71 Å². The summed E-state index contributed by atoms with van der Waals surface area (Å²) in [6, 6.07) is 16.8. The Balaban J connectivity index is 1.67. The summed E-state index contributed by atoms with van der Waals surface area (Å²) in [5, 5.41) is 0. The zero-order valence-corrected chi connectivity index (χ0v) is 21.5. The van der Waals surface area contributed by atoms with E-state index in [0.29, 0.717) is 0 Å². The maximum Gasteiger partial charge on any atom is 0.0969 e. The van der Waals surface area contributed by atoms with E-state index in [1.54, 1.807) is 0 Å². The molecule has 0 N–H and O–H groups in total. The fraction of sp³-hybridized carbons (Fsp3) is 0.440. The molecule has 0 atom stereocenters. The van der Waals surface area contributed by atoms with Crippen LogP contribution in [0.2, 0.25) is 0 Å². The van der Waals surface area contributed by atoms with E-state index in [0.717, 1.165) is 50.1 Å². The van der Waals surface area contributed by atoms with Crippen LogP contribution < -0.4 is 9.80 Å². The number of hydrogen-bond acceptors (Lipinski definition) is 7. The van der Waals surface area contributed by atoms with Crippen molar-refractivity contribution in [1.29, 1.82) is 0 Å². The molecule has 2 aromatic rings. The van der Waals surface area contributed by atoms with E-state index >= 15 is 0 Å². The van der Waals surface area contributed by atoms with E-state index in [1.807, 2.05) is 40.6 Å². The van der Waals surface area contributed by atoms with Crippen LogP contribution in [0.4, 0.5) is 11.4 Å². The fourth-order valence-corrected chi connectivity index (χ4v) is 3.59. The Morgan fingerprint density at radius 2 is 1.06 bits per heavy atom. The van der Waals surface area contributed by atoms with Gasteiger partial charge >= 0.3 is 0 Å². The molecule has 0 aromatic heterocycles. The second-order valence-electron chi connectivity index (χ2n) is 8.13. The summed E-state index contributed by atoms with van der Waals surface area (Å²) in [4.78, 5) is 15.6. The van der Waals surface area contributed by atoms with Crippen molar-refractivity contribution in [3.8, 4) is 0 Å². The lowest BCUT2D eigenvalue weighted by atomic mass is 10.2. The van der Waals surface area contributed by atoms with Crippen molar-refractivity contribution in [2.45, 2.75) is 17.5 Å². The lowest BCUT2D eigenvalue weighted by molar-refractivity contribution is 0.302. The van der Waals surface area contributed by atoms with Crippen LogP contribution in [0.1, 0.15) is 24.0 Å². The third-order valence-corrected chi connectivity index (χ3v) is 5.74. The molecule has 0 aliphatic carbocycles. The summed E-state index contributed by atoms with van der Waals surface area (Å²) in [7, 11) is 8.17. The molecule has 0 aliphatic rings. The first-order chi connectivity index (χ1) is 15.4. The molecule has 0 saturated carbocycles. The molecule has 0 saturated heterocycles. The van der Waals surface area contributed by atoms with Crippen molar-refractivity contribution in [1.82, 2.24) is 4.90 Å². The van der Waals surface area contributed by atoms with Gasteiger partial charge in [0.15, 0.2) is 0 Å². The Hall–Kier alpha value is -1.96. The Morgan fingerprint density at radius 1 is 0.688 bits per heavy atom. The molecule has 0 unspecified atom stereocenters. The number of nitrogens with zero attached hydrogens (tertiary/aromatic N) is 5. The highest BCUT2D eigenvalue weighted by atomic mass is 32.2. The maximum atomic E-state index is 4.57. The topological polar surface area (TPSA) is 34.4 Å². The average Bonchev–Trinajstić information content (AvgIpc) is 2.77. The Morgan fingerprint density at radius 3 is 1.38 bits per heavy atom. The van der Waals surface area contributed by atoms with Gasteiger partial charge in [-0.05, 0) is 48.2 Å². The lowest BCUT2D eigenvalue weighted by Gasteiger charge is -2.24. The molecule has 5 nitrogen and oxygen atoms in total. The molecule has 7 heteroatoms. The predicted molar refractivity (Wildman–Crippen MR) is 149 cm³/mol. The second kappa shape index (κ2) is 14.2. The third kappa shape index (κ3) is 9.67. The van der Waals surface area contributed by atoms with Gasteiger partial charge < -0.3 is 9.80 Å². The molecule has 2 rings (SSSR count). The molecular weight excluding hydrogens is 434 g/mol. The monoisotopic (exact) mass is 471 g/mol. The van der Waals surface area contributed by atoms with E-state index < -0.39 is 0 Å². The van der Waals surface area contributed by atoms with Crippen molar-refractivity contribution in [2.75, 3.05) is 64.2 Å². The molecule has 0 aliphatic heterocycles. The molecule has 2 aromatic carbocycles. The quantitative estimate of drug-likeness (QED) is 0.194. The summed E-state index contributed by atoms with van der Waals surface area (Å²) in [6.07, 6.45) is 5.85. The van der Waals surface area contributed by atoms with Gasteiger partial charge in [0.1, 0.15) is 0 Å². The summed E-state index contributed by atoms with van der Waals surface area (Å²) < 4.78 is -0.0693. The Kier molecular flexibility index (Phi) is 11.7. The molecule has 174 valence electrons. The summed E-state index contributed by atoms with van der Waals surface area (Å²) in [5.74, 6) is 0. The van der Waals surface area contributed by atoms with Crippen molar-refractivity contribution >= 4 is 49.1 Å². The third-order valence-electron chi connectivity index (χ3n) is 5.09. The smallest absolute Gasteiger partial charge is 0.0969 e. The van der Waals surface area contributed by atoms with Crippen molar-refractivity contribution < 1.29 is 0 Å². The van der Waals surface area contributed by atoms with Crippen molar-refractivity contribution in [3.63, 3.8) is 0 Å². The fourth-order valence-electron chi connectivity index (χ4n) is 3.13. The van der Waals surface area contributed by atoms with E-state index in [1.165, 1.54) is 11.4 Å². The Labute approximate surface area is 205 Å². The van der Waals surface area contributed by atoms with Gasteiger partial charge in [-0.3, -0.25) is 14.9 Å². The van der Waals surface area contributed by atoms with Gasteiger partial charge in [0.25, 0.3) is 0 Å². The van der Waals surface area contributed by atoms with Crippen LogP contribution in [0.5, 0.6) is 0 Å². The van der Waals surface area contributed by atoms with Crippen LogP contribution in [0.15, 0.2) is 58.5 Å². The Bertz CT molecular complexity index is 763. The van der Waals surface area contributed by atoms with Crippen LogP contribution >= 0.6 is 25.3 Å². The molecule has 0 fully saturated rings. The second-order valence-corrected chi connectivity index (χ2v) is 9.52. The molecule has 0 radical (unpaired) electrons. The van der Waals surface area contributed by atoms with Crippen LogP contribution in [0.25, 0.3) is 0 Å². The summed E-state index contributed by atoms with van der Waals surface area (Å²) in [6.45, 7) is 3.43. The number of hydrogen-bond donors (Lipinski definition) is 2. The van der Waals surface area contributed by atoms with Crippen molar-refractivity contribution in [2.24, 2.45) is 9.98 Å². The van der Waals surface area contributed by atoms with Gasteiger partial charge in [0, 0.05) is 78.2 Å². The molecule has 0 heterocycles. The minimum Gasteiger partial charge on any atom is -0.378 e. The molecule has 32 heavy (non-hydrogen) atoms. The normalized spacial score (nSPS) is 11.9. The van der Waals surface area contributed by atoms with Gasteiger partial charge in [-0.2, -0.15) is 0 Å². The number of benzene rings is 2. The highest BCUT2D eigenvalue weighted by molar-refractivity contribution is 7.99. The highest BCUT2D eigenvalue weighted by Crippen LogP contribution is 2.13. The predicted octanol–water partition coefficient (Wildman–Crippen LogP) is 4.58. The van der Waals surface area contributed by atoms with E-state index in [9.17, 15) is 0 Å². The molecule has 0 bridgehead atoms. The van der Waals surface area contributed by atoms with E-state index in [2.05, 4.69) is 98.5 Å². The standard InChI is InChI=1S/C25H37N5S2/c1-28(2)23-11-7-21(8-12-23)19-26-15-5-17-30(25(31)32)18-6-16-27-20-22-9-13-24(14-10-22)29(3)4/h7-14,19-20,25,31-32H,5-6,15-18H2,1-4H3. The van der Waals surface area contributed by atoms with Gasteiger partial charge in [0.2, 0.25) is 0 Å². The largest absolute Gasteiger partial charge is 0.378 e. The first kappa shape index (κ1) is 26.3. The van der Waals surface area contributed by atoms with Gasteiger partial charge in [-0.1, -0.05) is 24.3 Å². The van der Waals surface area contributed by atoms with Gasteiger partial charge in [-0.25, -0.2) is 0 Å². The van der Waals surface area contributed by atoms with Crippen LogP contribution in [-0.2, 0) is 0 Å². The molecular formula is C25H37N5S2. The van der Waals surface area contributed by atoms with Crippen LogP contribution in [0, 0.1) is 0 Å². The minimum atomic E-state index is -0.0693.